The lowest BCUT2D eigenvalue weighted by Gasteiger charge is -2.08. The van der Waals surface area contributed by atoms with Crippen LogP contribution in [-0.2, 0) is 10.0 Å². The number of rotatable bonds is 2. The van der Waals surface area contributed by atoms with Crippen molar-refractivity contribution in [2.45, 2.75) is 18.7 Å². The molecule has 0 atom stereocenters. The Morgan fingerprint density at radius 2 is 1.62 bits per heavy atom. The Morgan fingerprint density at radius 3 is 2.00 bits per heavy atom. The zero-order valence-corrected chi connectivity index (χ0v) is 8.77. The summed E-state index contributed by atoms with van der Waals surface area (Å²) in [5, 5.41) is 0. The Kier molecular flexibility index (Phi) is 2.73. The molecule has 0 fully saturated rings. The second-order valence-electron chi connectivity index (χ2n) is 2.93. The van der Waals surface area contributed by atoms with E-state index in [1.54, 1.807) is 26.0 Å². The first kappa shape index (κ1) is 10.2. The molecule has 1 N–H and O–H groups in total. The fraction of sp³-hybridized carbons (Fsp3) is 0.333. The normalized spacial score (nSPS) is 11.6. The molecule has 1 rings (SSSR count). The molecule has 3 nitrogen and oxygen atoms in total. The van der Waals surface area contributed by atoms with Gasteiger partial charge in [0.1, 0.15) is 0 Å². The summed E-state index contributed by atoms with van der Waals surface area (Å²) < 4.78 is 25.4. The van der Waals surface area contributed by atoms with Crippen LogP contribution in [-0.4, -0.2) is 15.5 Å². The number of hydrogen-bond acceptors (Lipinski definition) is 2. The van der Waals surface area contributed by atoms with Crippen molar-refractivity contribution in [3.05, 3.63) is 29.3 Å². The van der Waals surface area contributed by atoms with Crippen LogP contribution >= 0.6 is 0 Å². The molecule has 0 aromatic heterocycles. The van der Waals surface area contributed by atoms with Gasteiger partial charge in [0.05, 0.1) is 4.90 Å². The van der Waals surface area contributed by atoms with Gasteiger partial charge in [-0.15, -0.1) is 0 Å². The van der Waals surface area contributed by atoms with E-state index in [-0.39, 0.29) is 0 Å². The summed E-state index contributed by atoms with van der Waals surface area (Å²) in [6.07, 6.45) is 0. The van der Waals surface area contributed by atoms with Crippen molar-refractivity contribution in [1.29, 1.82) is 0 Å². The van der Waals surface area contributed by atoms with E-state index < -0.39 is 10.0 Å². The minimum Gasteiger partial charge on any atom is -0.214 e. The first-order valence-electron chi connectivity index (χ1n) is 3.99. The van der Waals surface area contributed by atoms with Gasteiger partial charge >= 0.3 is 0 Å². The summed E-state index contributed by atoms with van der Waals surface area (Å²) in [5.41, 5.74) is 1.55. The molecule has 0 heterocycles. The van der Waals surface area contributed by atoms with Gasteiger partial charge in [-0.1, -0.05) is 18.2 Å². The van der Waals surface area contributed by atoms with Crippen molar-refractivity contribution in [3.63, 3.8) is 0 Å². The van der Waals surface area contributed by atoms with Crippen molar-refractivity contribution in [2.75, 3.05) is 7.05 Å². The highest BCUT2D eigenvalue weighted by Gasteiger charge is 2.16. The van der Waals surface area contributed by atoms with Gasteiger partial charge in [-0.2, -0.15) is 0 Å². The number of nitrogens with one attached hydrogen (secondary N) is 1. The third kappa shape index (κ3) is 1.89. The van der Waals surface area contributed by atoms with Gasteiger partial charge in [0.2, 0.25) is 10.0 Å². The summed E-state index contributed by atoms with van der Waals surface area (Å²) >= 11 is 0. The van der Waals surface area contributed by atoms with Gasteiger partial charge < -0.3 is 0 Å². The van der Waals surface area contributed by atoms with E-state index in [2.05, 4.69) is 4.72 Å². The fourth-order valence-corrected chi connectivity index (χ4v) is 2.51. The lowest BCUT2D eigenvalue weighted by atomic mass is 10.2. The summed E-state index contributed by atoms with van der Waals surface area (Å²) in [5.74, 6) is 0. The predicted molar refractivity (Wildman–Crippen MR) is 52.2 cm³/mol. The maximum Gasteiger partial charge on any atom is 0.240 e. The molecule has 4 heteroatoms. The number of benzene rings is 1. The average Bonchev–Trinajstić information content (AvgIpc) is 2.03. The van der Waals surface area contributed by atoms with Crippen LogP contribution in [0, 0.1) is 13.8 Å². The lowest BCUT2D eigenvalue weighted by molar-refractivity contribution is 0.587. The summed E-state index contributed by atoms with van der Waals surface area (Å²) in [6.45, 7) is 3.58. The minimum atomic E-state index is -3.31. The Morgan fingerprint density at radius 1 is 1.15 bits per heavy atom. The smallest absolute Gasteiger partial charge is 0.214 e. The summed E-state index contributed by atoms with van der Waals surface area (Å²) in [4.78, 5) is 0.387. The number of sulfonamides is 1. The van der Waals surface area contributed by atoms with Crippen LogP contribution in [0.4, 0.5) is 0 Å². The Balaban J connectivity index is 3.46. The van der Waals surface area contributed by atoms with Crippen molar-refractivity contribution in [2.24, 2.45) is 0 Å². The Hall–Kier alpha value is -0.870. The molecular formula is C9H13NO2S. The molecule has 0 aliphatic rings. The van der Waals surface area contributed by atoms with E-state index in [1.165, 1.54) is 7.05 Å². The van der Waals surface area contributed by atoms with Gasteiger partial charge in [0.15, 0.2) is 0 Å². The lowest BCUT2D eigenvalue weighted by Crippen LogP contribution is -2.20. The van der Waals surface area contributed by atoms with Crippen molar-refractivity contribution in [3.8, 4) is 0 Å². The molecule has 0 spiro atoms. The van der Waals surface area contributed by atoms with Crippen LogP contribution < -0.4 is 4.72 Å². The molecular weight excluding hydrogens is 186 g/mol. The Bertz CT molecular complexity index is 389. The van der Waals surface area contributed by atoms with E-state index in [4.69, 9.17) is 0 Å². The van der Waals surface area contributed by atoms with Crippen molar-refractivity contribution in [1.82, 2.24) is 4.72 Å². The molecule has 0 saturated carbocycles. The molecule has 0 aliphatic carbocycles. The maximum absolute atomic E-state index is 11.5. The van der Waals surface area contributed by atoms with Gasteiger partial charge in [-0.25, -0.2) is 13.1 Å². The van der Waals surface area contributed by atoms with Crippen molar-refractivity contribution >= 4 is 10.0 Å². The zero-order valence-electron chi connectivity index (χ0n) is 7.96. The van der Waals surface area contributed by atoms with Gasteiger partial charge in [0, 0.05) is 0 Å². The Labute approximate surface area is 78.8 Å². The quantitative estimate of drug-likeness (QED) is 0.778. The summed E-state index contributed by atoms with van der Waals surface area (Å²) in [7, 11) is -1.89. The second-order valence-corrected chi connectivity index (χ2v) is 4.75. The highest BCUT2D eigenvalue weighted by atomic mass is 32.2. The highest BCUT2D eigenvalue weighted by Crippen LogP contribution is 2.18. The summed E-state index contributed by atoms with van der Waals surface area (Å²) in [6, 6.07) is 5.42. The third-order valence-corrected chi connectivity index (χ3v) is 3.67. The largest absolute Gasteiger partial charge is 0.240 e. The molecule has 1 aromatic carbocycles. The van der Waals surface area contributed by atoms with E-state index >= 15 is 0 Å². The van der Waals surface area contributed by atoms with E-state index in [9.17, 15) is 8.42 Å². The number of hydrogen-bond donors (Lipinski definition) is 1. The van der Waals surface area contributed by atoms with Crippen LogP contribution in [0.25, 0.3) is 0 Å². The van der Waals surface area contributed by atoms with Crippen LogP contribution in [0.1, 0.15) is 11.1 Å². The van der Waals surface area contributed by atoms with Gasteiger partial charge in [-0.3, -0.25) is 0 Å². The van der Waals surface area contributed by atoms with Gasteiger partial charge in [-0.05, 0) is 32.0 Å². The topological polar surface area (TPSA) is 46.2 Å². The van der Waals surface area contributed by atoms with Crippen LogP contribution in [0.5, 0.6) is 0 Å². The first-order chi connectivity index (χ1) is 5.99. The fourth-order valence-electron chi connectivity index (χ4n) is 1.33. The zero-order chi connectivity index (χ0) is 10.1. The van der Waals surface area contributed by atoms with Crippen LogP contribution in [0.3, 0.4) is 0 Å². The van der Waals surface area contributed by atoms with E-state index in [1.807, 2.05) is 6.07 Å². The van der Waals surface area contributed by atoms with Gasteiger partial charge in [0.25, 0.3) is 0 Å². The molecule has 0 amide bonds. The average molecular weight is 199 g/mol. The SMILES string of the molecule is CNS(=O)(=O)c1c(C)cccc1C. The van der Waals surface area contributed by atoms with Crippen LogP contribution in [0.2, 0.25) is 0 Å². The van der Waals surface area contributed by atoms with E-state index in [0.717, 1.165) is 11.1 Å². The molecule has 0 radical (unpaired) electrons. The van der Waals surface area contributed by atoms with E-state index in [0.29, 0.717) is 4.90 Å². The molecule has 0 saturated heterocycles. The molecule has 72 valence electrons. The molecule has 0 unspecified atom stereocenters. The second kappa shape index (κ2) is 3.47. The first-order valence-corrected chi connectivity index (χ1v) is 5.47. The molecule has 13 heavy (non-hydrogen) atoms. The van der Waals surface area contributed by atoms with Crippen molar-refractivity contribution < 1.29 is 8.42 Å². The standard InChI is InChI=1S/C9H13NO2S/c1-7-5-4-6-8(2)9(7)13(11,12)10-3/h4-6,10H,1-3H3. The molecule has 0 aliphatic heterocycles. The minimum absolute atomic E-state index is 0.387. The highest BCUT2D eigenvalue weighted by molar-refractivity contribution is 7.89. The predicted octanol–water partition coefficient (Wildman–Crippen LogP) is 1.21. The monoisotopic (exact) mass is 199 g/mol. The molecule has 0 bridgehead atoms. The molecule has 1 aromatic rings. The third-order valence-electron chi connectivity index (χ3n) is 1.95. The van der Waals surface area contributed by atoms with Crippen LogP contribution in [0.15, 0.2) is 23.1 Å². The number of aryl methyl sites for hydroxylation is 2. The maximum atomic E-state index is 11.5.